The SMILES string of the molecule is Cc1ccccc1C(=O)CCC(=O)N1CCN(C(=O)CCN2CCCC2)CC1. The highest BCUT2D eigenvalue weighted by Crippen LogP contribution is 2.13. The molecule has 1 aromatic carbocycles. The third-order valence-corrected chi connectivity index (χ3v) is 5.84. The number of benzene rings is 1. The van der Waals surface area contributed by atoms with Crippen LogP contribution in [-0.2, 0) is 9.59 Å². The predicted octanol–water partition coefficient (Wildman–Crippen LogP) is 2.11. The summed E-state index contributed by atoms with van der Waals surface area (Å²) < 4.78 is 0. The lowest BCUT2D eigenvalue weighted by Gasteiger charge is -2.35. The molecule has 0 aromatic heterocycles. The number of piperazine rings is 1. The van der Waals surface area contributed by atoms with Gasteiger partial charge in [0.1, 0.15) is 0 Å². The summed E-state index contributed by atoms with van der Waals surface area (Å²) >= 11 is 0. The topological polar surface area (TPSA) is 60.9 Å². The fourth-order valence-electron chi connectivity index (χ4n) is 4.02. The molecule has 0 bridgehead atoms. The van der Waals surface area contributed by atoms with Crippen LogP contribution in [0.2, 0.25) is 0 Å². The number of rotatable bonds is 7. The summed E-state index contributed by atoms with van der Waals surface area (Å²) in [6, 6.07) is 7.48. The fraction of sp³-hybridized carbons (Fsp3) is 0.591. The Kier molecular flexibility index (Phi) is 7.20. The smallest absolute Gasteiger partial charge is 0.223 e. The Hall–Kier alpha value is -2.21. The largest absolute Gasteiger partial charge is 0.339 e. The van der Waals surface area contributed by atoms with Crippen LogP contribution < -0.4 is 0 Å². The van der Waals surface area contributed by atoms with Crippen molar-refractivity contribution in [3.63, 3.8) is 0 Å². The van der Waals surface area contributed by atoms with Gasteiger partial charge in [-0.15, -0.1) is 0 Å². The van der Waals surface area contributed by atoms with Crippen LogP contribution in [0, 0.1) is 6.92 Å². The molecular formula is C22H31N3O3. The molecule has 0 unspecified atom stereocenters. The molecule has 0 aliphatic carbocycles. The molecule has 0 radical (unpaired) electrons. The first-order valence-electron chi connectivity index (χ1n) is 10.4. The standard InChI is InChI=1S/C22H31N3O3/c1-18-6-2-3-7-19(18)20(26)8-9-21(27)24-14-16-25(17-15-24)22(28)10-13-23-11-4-5-12-23/h2-3,6-7H,4-5,8-17H2,1H3. The summed E-state index contributed by atoms with van der Waals surface area (Å²) in [6.07, 6.45) is 3.51. The molecule has 2 heterocycles. The summed E-state index contributed by atoms with van der Waals surface area (Å²) in [7, 11) is 0. The molecule has 2 aliphatic rings. The summed E-state index contributed by atoms with van der Waals surface area (Å²) in [4.78, 5) is 43.2. The predicted molar refractivity (Wildman–Crippen MR) is 108 cm³/mol. The number of aryl methyl sites for hydroxylation is 1. The molecular weight excluding hydrogens is 354 g/mol. The molecule has 3 rings (SSSR count). The number of ketones is 1. The minimum absolute atomic E-state index is 0.00565. The Balaban J connectivity index is 1.38. The van der Waals surface area contributed by atoms with Gasteiger partial charge in [-0.05, 0) is 38.4 Å². The quantitative estimate of drug-likeness (QED) is 0.675. The molecule has 0 atom stereocenters. The van der Waals surface area contributed by atoms with E-state index < -0.39 is 0 Å². The maximum atomic E-state index is 12.5. The second kappa shape index (κ2) is 9.82. The van der Waals surface area contributed by atoms with Crippen molar-refractivity contribution >= 4 is 17.6 Å². The number of hydrogen-bond acceptors (Lipinski definition) is 4. The Labute approximate surface area is 167 Å². The molecule has 2 amide bonds. The second-order valence-electron chi connectivity index (χ2n) is 7.80. The molecule has 0 spiro atoms. The normalized spacial score (nSPS) is 17.8. The van der Waals surface area contributed by atoms with Crippen LogP contribution in [-0.4, -0.2) is 78.1 Å². The van der Waals surface area contributed by atoms with Crippen molar-refractivity contribution in [3.05, 3.63) is 35.4 Å². The fourth-order valence-corrected chi connectivity index (χ4v) is 4.02. The van der Waals surface area contributed by atoms with Gasteiger partial charge >= 0.3 is 0 Å². The van der Waals surface area contributed by atoms with Gasteiger partial charge in [0.05, 0.1) is 0 Å². The minimum atomic E-state index is 0.00565. The van der Waals surface area contributed by atoms with Gasteiger partial charge < -0.3 is 14.7 Å². The van der Waals surface area contributed by atoms with Crippen LogP contribution in [0.1, 0.15) is 48.0 Å². The van der Waals surface area contributed by atoms with Gasteiger partial charge in [0.25, 0.3) is 0 Å². The van der Waals surface area contributed by atoms with E-state index in [0.717, 1.165) is 25.2 Å². The van der Waals surface area contributed by atoms with Crippen LogP contribution >= 0.6 is 0 Å². The van der Waals surface area contributed by atoms with E-state index in [-0.39, 0.29) is 30.4 Å². The Bertz CT molecular complexity index is 705. The summed E-state index contributed by atoms with van der Waals surface area (Å²) in [5.74, 6) is 0.210. The van der Waals surface area contributed by atoms with Crippen molar-refractivity contribution in [3.8, 4) is 0 Å². The van der Waals surface area contributed by atoms with E-state index in [0.29, 0.717) is 38.2 Å². The average molecular weight is 386 g/mol. The molecule has 2 aliphatic heterocycles. The average Bonchev–Trinajstić information content (AvgIpc) is 3.24. The van der Waals surface area contributed by atoms with E-state index in [1.807, 2.05) is 36.1 Å². The van der Waals surface area contributed by atoms with Gasteiger partial charge in [0.15, 0.2) is 5.78 Å². The van der Waals surface area contributed by atoms with Crippen molar-refractivity contribution in [1.82, 2.24) is 14.7 Å². The first-order chi connectivity index (χ1) is 13.5. The molecule has 0 N–H and O–H groups in total. The van der Waals surface area contributed by atoms with Gasteiger partial charge in [-0.25, -0.2) is 0 Å². The first kappa shape index (κ1) is 20.5. The number of likely N-dealkylation sites (tertiary alicyclic amines) is 1. The van der Waals surface area contributed by atoms with Crippen LogP contribution in [0.25, 0.3) is 0 Å². The Morgan fingerprint density at radius 2 is 1.36 bits per heavy atom. The second-order valence-corrected chi connectivity index (χ2v) is 7.80. The van der Waals surface area contributed by atoms with E-state index in [2.05, 4.69) is 4.90 Å². The zero-order valence-electron chi connectivity index (χ0n) is 16.9. The maximum Gasteiger partial charge on any atom is 0.223 e. The van der Waals surface area contributed by atoms with Crippen molar-refractivity contribution in [2.45, 2.75) is 39.0 Å². The van der Waals surface area contributed by atoms with Crippen molar-refractivity contribution in [1.29, 1.82) is 0 Å². The molecule has 6 heteroatoms. The summed E-state index contributed by atoms with van der Waals surface area (Å²) in [5, 5.41) is 0. The molecule has 28 heavy (non-hydrogen) atoms. The van der Waals surface area contributed by atoms with E-state index in [4.69, 9.17) is 0 Å². The molecule has 6 nitrogen and oxygen atoms in total. The molecule has 0 saturated carbocycles. The van der Waals surface area contributed by atoms with Crippen molar-refractivity contribution in [2.75, 3.05) is 45.8 Å². The number of nitrogens with zero attached hydrogens (tertiary/aromatic N) is 3. The highest BCUT2D eigenvalue weighted by atomic mass is 16.2. The van der Waals surface area contributed by atoms with Crippen LogP contribution in [0.3, 0.4) is 0 Å². The zero-order valence-corrected chi connectivity index (χ0v) is 16.9. The van der Waals surface area contributed by atoms with Crippen molar-refractivity contribution in [2.24, 2.45) is 0 Å². The third-order valence-electron chi connectivity index (χ3n) is 5.84. The van der Waals surface area contributed by atoms with Crippen LogP contribution in [0.15, 0.2) is 24.3 Å². The van der Waals surface area contributed by atoms with Crippen LogP contribution in [0.5, 0.6) is 0 Å². The van der Waals surface area contributed by atoms with Gasteiger partial charge in [-0.1, -0.05) is 24.3 Å². The monoisotopic (exact) mass is 385 g/mol. The highest BCUT2D eigenvalue weighted by molar-refractivity contribution is 5.99. The lowest BCUT2D eigenvalue weighted by Crippen LogP contribution is -2.51. The Morgan fingerprint density at radius 1 is 0.786 bits per heavy atom. The molecule has 152 valence electrons. The number of Topliss-reactive ketones (excluding diaryl/α,β-unsaturated/α-hetero) is 1. The van der Waals surface area contributed by atoms with E-state index in [9.17, 15) is 14.4 Å². The van der Waals surface area contributed by atoms with E-state index in [1.165, 1.54) is 12.8 Å². The summed E-state index contributed by atoms with van der Waals surface area (Å²) in [6.45, 7) is 7.29. The van der Waals surface area contributed by atoms with Crippen molar-refractivity contribution < 1.29 is 14.4 Å². The molecule has 2 saturated heterocycles. The van der Waals surface area contributed by atoms with Gasteiger partial charge in [-0.3, -0.25) is 14.4 Å². The van der Waals surface area contributed by atoms with Crippen LogP contribution in [0.4, 0.5) is 0 Å². The third kappa shape index (κ3) is 5.41. The number of carbonyl (C=O) groups excluding carboxylic acids is 3. The lowest BCUT2D eigenvalue weighted by molar-refractivity contribution is -0.139. The minimum Gasteiger partial charge on any atom is -0.339 e. The van der Waals surface area contributed by atoms with Gasteiger partial charge in [0.2, 0.25) is 11.8 Å². The Morgan fingerprint density at radius 3 is 1.96 bits per heavy atom. The number of amides is 2. The van der Waals surface area contributed by atoms with Gasteiger partial charge in [-0.2, -0.15) is 0 Å². The maximum absolute atomic E-state index is 12.5. The zero-order chi connectivity index (χ0) is 19.9. The molecule has 2 fully saturated rings. The lowest BCUT2D eigenvalue weighted by atomic mass is 10.0. The van der Waals surface area contributed by atoms with E-state index in [1.54, 1.807) is 4.90 Å². The summed E-state index contributed by atoms with van der Waals surface area (Å²) in [5.41, 5.74) is 1.64. The van der Waals surface area contributed by atoms with Gasteiger partial charge in [0, 0.05) is 57.5 Å². The first-order valence-corrected chi connectivity index (χ1v) is 10.4. The van der Waals surface area contributed by atoms with E-state index >= 15 is 0 Å². The molecule has 1 aromatic rings. The highest BCUT2D eigenvalue weighted by Gasteiger charge is 2.25. The number of carbonyl (C=O) groups is 3. The number of hydrogen-bond donors (Lipinski definition) is 0.